The van der Waals surface area contributed by atoms with Crippen LogP contribution in [0.15, 0.2) is 24.3 Å². The van der Waals surface area contributed by atoms with E-state index in [4.69, 9.17) is 17.2 Å². The highest BCUT2D eigenvalue weighted by Crippen LogP contribution is 2.13. The number of nitrogens with two attached hydrogens (primary N) is 3. The quantitative estimate of drug-likeness (QED) is 0.0214. The number of nitrogens with one attached hydrogen (secondary N) is 11. The molecule has 38 heteroatoms. The Kier molecular flexibility index (Phi) is 34.7. The van der Waals surface area contributed by atoms with Gasteiger partial charge < -0.3 is 117 Å². The monoisotopic (exact) mass is 1310 g/mol. The van der Waals surface area contributed by atoms with Gasteiger partial charge >= 0.3 is 11.9 Å². The number of hydrogen-bond donors (Lipinski definition) is 24. The fourth-order valence-corrected chi connectivity index (χ4v) is 8.19. The predicted molar refractivity (Wildman–Crippen MR) is 315 cm³/mol. The number of phenolic OH excluding ortho intramolecular Hbond substituents is 1. The van der Waals surface area contributed by atoms with E-state index in [1.165, 1.54) is 38.1 Å². The van der Waals surface area contributed by atoms with E-state index >= 15 is 0 Å². The maximum atomic E-state index is 14.1. The first kappa shape index (κ1) is 79.0. The van der Waals surface area contributed by atoms with Gasteiger partial charge in [0.1, 0.15) is 72.2 Å². The number of thiol groups is 2. The number of carboxylic acids is 2. The molecule has 0 saturated heterocycles. The van der Waals surface area contributed by atoms with Gasteiger partial charge in [0.05, 0.1) is 43.9 Å². The van der Waals surface area contributed by atoms with Crippen LogP contribution in [0.2, 0.25) is 0 Å². The summed E-state index contributed by atoms with van der Waals surface area (Å²) in [6.07, 6.45) is -8.64. The summed E-state index contributed by atoms with van der Waals surface area (Å²) >= 11 is 8.12. The van der Waals surface area contributed by atoms with E-state index < -0.39 is 211 Å². The molecule has 89 heavy (non-hydrogen) atoms. The molecule has 1 aromatic rings. The normalized spacial score (nSPS) is 16.5. The Morgan fingerprint density at radius 3 is 1.27 bits per heavy atom. The number of aliphatic hydroxyl groups excluding tert-OH is 5. The van der Waals surface area contributed by atoms with Crippen LogP contribution < -0.4 is 75.7 Å². The molecule has 16 atom stereocenters. The Labute approximate surface area is 520 Å². The van der Waals surface area contributed by atoms with E-state index in [9.17, 15) is 108 Å². The van der Waals surface area contributed by atoms with Crippen molar-refractivity contribution in [3.63, 3.8) is 0 Å². The number of aromatic hydroxyl groups is 1. The van der Waals surface area contributed by atoms with E-state index in [1.54, 1.807) is 0 Å². The van der Waals surface area contributed by atoms with Crippen LogP contribution in [-0.2, 0) is 73.5 Å². The standard InChI is InChI=1S/C51H82N14O22S2/c1-20(40(75)65-39(24(5)70)51(86)87)55-41(76)27(8-6-7-13-52)56-42(77)28(14-25-9-11-26(71)12-10-25)57-46(81)32(18-88)61-43(78)29(15-34(53)72)58-49(84)37(22(3)68)63-45(80)31(17-66)60-44(79)30(16-35(73)74)59-50(85)38(23(4)69)64-47(82)33(19-89)62-48(83)36(54)21(2)67/h9-12,20-24,27-33,36-39,66-71,88-89H,6-8,13-19,52,54H2,1-5H3,(H2,53,72)(H,55,76)(H,56,77)(H,57,81)(H,58,84)(H,59,85)(H,60,79)(H,61,78)(H,62,83)(H,63,80)(H,64,82)(H,65,75)(H,73,74)(H,86,87). The third-order valence-electron chi connectivity index (χ3n) is 12.8. The lowest BCUT2D eigenvalue weighted by molar-refractivity contribution is -0.145. The molecule has 1 aromatic carbocycles. The lowest BCUT2D eigenvalue weighted by Gasteiger charge is -2.28. The molecule has 0 aliphatic carbocycles. The SMILES string of the molecule is CC(NC(=O)C(CCCCN)NC(=O)C(Cc1ccc(O)cc1)NC(=O)C(CS)NC(=O)C(CC(N)=O)NC(=O)C(NC(=O)C(CO)NC(=O)C(CC(=O)O)NC(=O)C(NC(=O)C(CS)NC(=O)C(N)C(C)O)C(C)O)C(C)O)C(=O)NC(C(=O)O)C(C)O. The summed E-state index contributed by atoms with van der Waals surface area (Å²) < 4.78 is 0. The number of aliphatic hydroxyl groups is 5. The Hall–Kier alpha value is -7.98. The van der Waals surface area contributed by atoms with E-state index in [-0.39, 0.29) is 31.6 Å². The average molecular weight is 1310 g/mol. The van der Waals surface area contributed by atoms with Crippen molar-refractivity contribution in [1.82, 2.24) is 58.5 Å². The largest absolute Gasteiger partial charge is 0.508 e. The minimum atomic E-state index is -2.14. The highest BCUT2D eigenvalue weighted by Gasteiger charge is 2.39. The highest BCUT2D eigenvalue weighted by molar-refractivity contribution is 7.80. The van der Waals surface area contributed by atoms with Crippen LogP contribution in [0.25, 0.3) is 0 Å². The van der Waals surface area contributed by atoms with Gasteiger partial charge in [-0.1, -0.05) is 12.1 Å². The van der Waals surface area contributed by atoms with Crippen molar-refractivity contribution in [1.29, 1.82) is 0 Å². The van der Waals surface area contributed by atoms with E-state index in [0.717, 1.165) is 20.8 Å². The first-order chi connectivity index (χ1) is 41.5. The molecule has 0 aliphatic rings. The number of carbonyl (C=O) groups excluding carboxylic acids is 12. The molecule has 0 fully saturated rings. The molecule has 0 heterocycles. The molecule has 16 unspecified atom stereocenters. The van der Waals surface area contributed by atoms with E-state index in [0.29, 0.717) is 12.0 Å². The molecule has 25 N–H and O–H groups in total. The maximum absolute atomic E-state index is 14.1. The van der Waals surface area contributed by atoms with Gasteiger partial charge in [-0.25, -0.2) is 4.79 Å². The molecule has 36 nitrogen and oxygen atoms in total. The predicted octanol–water partition coefficient (Wildman–Crippen LogP) is -10.4. The molecule has 12 amide bonds. The van der Waals surface area contributed by atoms with Crippen LogP contribution in [0, 0.1) is 0 Å². The Bertz CT molecular complexity index is 2640. The van der Waals surface area contributed by atoms with Crippen LogP contribution in [0.1, 0.15) is 72.3 Å². The fourth-order valence-electron chi connectivity index (χ4n) is 7.68. The summed E-state index contributed by atoms with van der Waals surface area (Å²) in [6, 6.07) is -16.0. The topological polar surface area (TPSA) is 611 Å². The number of rotatable bonds is 40. The summed E-state index contributed by atoms with van der Waals surface area (Å²) in [4.78, 5) is 184. The number of benzene rings is 1. The van der Waals surface area contributed by atoms with Crippen molar-refractivity contribution in [3.05, 3.63) is 29.8 Å². The highest BCUT2D eigenvalue weighted by atomic mass is 32.1. The molecular formula is C51H82N14O22S2. The molecule has 0 spiro atoms. The molecule has 0 saturated carbocycles. The Morgan fingerprint density at radius 2 is 0.843 bits per heavy atom. The zero-order valence-corrected chi connectivity index (χ0v) is 50.8. The third kappa shape index (κ3) is 27.5. The number of carboxylic acid groups (broad SMARTS) is 2. The van der Waals surface area contributed by atoms with Gasteiger partial charge in [-0.2, -0.15) is 25.3 Å². The lowest BCUT2D eigenvalue weighted by atomic mass is 10.0. The van der Waals surface area contributed by atoms with Crippen LogP contribution in [0.3, 0.4) is 0 Å². The molecule has 0 bridgehead atoms. The van der Waals surface area contributed by atoms with Gasteiger partial charge in [-0.05, 0) is 78.1 Å². The van der Waals surface area contributed by atoms with Crippen LogP contribution in [-0.4, -0.2) is 245 Å². The summed E-state index contributed by atoms with van der Waals surface area (Å²) in [5.41, 5.74) is 16.9. The molecule has 500 valence electrons. The van der Waals surface area contributed by atoms with Crippen molar-refractivity contribution >= 4 is 108 Å². The van der Waals surface area contributed by atoms with Crippen LogP contribution in [0.4, 0.5) is 0 Å². The number of primary amides is 1. The first-order valence-electron chi connectivity index (χ1n) is 27.4. The third-order valence-corrected chi connectivity index (χ3v) is 13.6. The minimum absolute atomic E-state index is 0.0860. The summed E-state index contributed by atoms with van der Waals surface area (Å²) in [6.45, 7) is 4.32. The van der Waals surface area contributed by atoms with Gasteiger partial charge in [0.2, 0.25) is 70.9 Å². The molecular weight excluding hydrogens is 1220 g/mol. The molecule has 0 aromatic heterocycles. The van der Waals surface area contributed by atoms with Crippen molar-refractivity contribution in [3.8, 4) is 5.75 Å². The van der Waals surface area contributed by atoms with Crippen LogP contribution in [0.5, 0.6) is 5.75 Å². The van der Waals surface area contributed by atoms with Gasteiger partial charge in [0, 0.05) is 17.9 Å². The van der Waals surface area contributed by atoms with Gasteiger partial charge in [0.25, 0.3) is 0 Å². The number of amides is 12. The van der Waals surface area contributed by atoms with Crippen molar-refractivity contribution in [2.45, 2.75) is 170 Å². The second kappa shape index (κ2) is 39.1. The van der Waals surface area contributed by atoms with Gasteiger partial charge in [-0.15, -0.1) is 0 Å². The fraction of sp³-hybridized carbons (Fsp3) is 0.608. The smallest absolute Gasteiger partial charge is 0.328 e. The summed E-state index contributed by atoms with van der Waals surface area (Å²) in [7, 11) is 0. The van der Waals surface area contributed by atoms with Gasteiger partial charge in [-0.3, -0.25) is 62.3 Å². The molecule has 0 radical (unpaired) electrons. The molecule has 1 rings (SSSR count). The van der Waals surface area contributed by atoms with E-state index in [2.05, 4.69) is 67.8 Å². The van der Waals surface area contributed by atoms with Crippen molar-refractivity contribution < 1.29 is 108 Å². The van der Waals surface area contributed by atoms with Gasteiger partial charge in [0.15, 0.2) is 6.04 Å². The number of carbonyl (C=O) groups is 14. The summed E-state index contributed by atoms with van der Waals surface area (Å²) in [5.74, 6) is -19.0. The lowest BCUT2D eigenvalue weighted by Crippen LogP contribution is -2.63. The number of aliphatic carboxylic acids is 2. The maximum Gasteiger partial charge on any atom is 0.328 e. The van der Waals surface area contributed by atoms with Crippen molar-refractivity contribution in [2.75, 3.05) is 24.7 Å². The minimum Gasteiger partial charge on any atom is -0.508 e. The summed E-state index contributed by atoms with van der Waals surface area (Å²) in [5, 5.41) is 103. The number of phenols is 1. The number of hydrogen-bond acceptors (Lipinski definition) is 24. The molecule has 0 aliphatic heterocycles. The average Bonchev–Trinajstić information content (AvgIpc) is 3.07. The van der Waals surface area contributed by atoms with Crippen LogP contribution >= 0.6 is 25.3 Å². The van der Waals surface area contributed by atoms with E-state index in [1.807, 2.05) is 16.0 Å². The second-order valence-electron chi connectivity index (χ2n) is 20.4. The zero-order chi connectivity index (χ0) is 68.2. The number of unbranched alkanes of at least 4 members (excludes halogenated alkanes) is 1. The zero-order valence-electron chi connectivity index (χ0n) is 49.0. The Morgan fingerprint density at radius 1 is 0.461 bits per heavy atom. The Balaban J connectivity index is 3.43. The second-order valence-corrected chi connectivity index (χ2v) is 21.1. The first-order valence-corrected chi connectivity index (χ1v) is 28.7. The van der Waals surface area contributed by atoms with Crippen molar-refractivity contribution in [2.24, 2.45) is 17.2 Å².